The molecule has 0 amide bonds. The summed E-state index contributed by atoms with van der Waals surface area (Å²) >= 11 is 0. The van der Waals surface area contributed by atoms with E-state index in [4.69, 9.17) is 5.11 Å². The molecule has 0 unspecified atom stereocenters. The topological polar surface area (TPSA) is 38.1 Å². The summed E-state index contributed by atoms with van der Waals surface area (Å²) in [7, 11) is 0. The second-order valence-corrected chi connectivity index (χ2v) is 3.38. The van der Waals surface area contributed by atoms with Gasteiger partial charge in [-0.1, -0.05) is 18.2 Å². The van der Waals surface area contributed by atoms with Crippen LogP contribution in [0.3, 0.4) is 0 Å². The molecule has 0 saturated heterocycles. The van der Waals surface area contributed by atoms with Crippen LogP contribution in [0, 0.1) is 0 Å². The maximum atomic E-state index is 12.8. The third-order valence-electron chi connectivity index (χ3n) is 2.17. The number of benzene rings is 1. The van der Waals surface area contributed by atoms with Gasteiger partial charge in [0.15, 0.2) is 0 Å². The Hall–Kier alpha value is -2.10. The molecule has 3 nitrogen and oxygen atoms in total. The minimum absolute atomic E-state index is 0.0589. The lowest BCUT2D eigenvalue weighted by atomic mass is 10.2. The van der Waals surface area contributed by atoms with E-state index in [0.29, 0.717) is 11.8 Å². The zero-order valence-corrected chi connectivity index (χ0v) is 8.55. The minimum Gasteiger partial charge on any atom is -0.513 e. The number of halogens is 1. The lowest BCUT2D eigenvalue weighted by Crippen LogP contribution is -1.92. The van der Waals surface area contributed by atoms with Crippen molar-refractivity contribution < 1.29 is 9.50 Å². The van der Waals surface area contributed by atoms with Crippen molar-refractivity contribution in [1.29, 1.82) is 0 Å². The van der Waals surface area contributed by atoms with E-state index >= 15 is 0 Å². The van der Waals surface area contributed by atoms with Gasteiger partial charge < -0.3 is 5.11 Å². The average Bonchev–Trinajstić information content (AvgIpc) is 2.78. The van der Waals surface area contributed by atoms with Crippen LogP contribution in [0.25, 0.3) is 5.69 Å². The van der Waals surface area contributed by atoms with E-state index in [1.165, 1.54) is 0 Å². The van der Waals surface area contributed by atoms with Gasteiger partial charge in [-0.15, -0.1) is 0 Å². The van der Waals surface area contributed by atoms with E-state index < -0.39 is 5.83 Å². The van der Waals surface area contributed by atoms with E-state index in [0.717, 1.165) is 5.69 Å². The normalized spacial score (nSPS) is 11.7. The molecule has 0 bridgehead atoms. The fourth-order valence-electron chi connectivity index (χ4n) is 1.41. The van der Waals surface area contributed by atoms with Crippen molar-refractivity contribution in [3.05, 3.63) is 60.4 Å². The van der Waals surface area contributed by atoms with Crippen molar-refractivity contribution in [2.24, 2.45) is 0 Å². The van der Waals surface area contributed by atoms with Gasteiger partial charge in [0.1, 0.15) is 12.1 Å². The summed E-state index contributed by atoms with van der Waals surface area (Å²) in [6.07, 6.45) is 3.84. The summed E-state index contributed by atoms with van der Waals surface area (Å²) in [6.45, 7) is 0. The molecule has 0 radical (unpaired) electrons. The summed E-state index contributed by atoms with van der Waals surface area (Å²) < 4.78 is 14.5. The van der Waals surface area contributed by atoms with Crippen molar-refractivity contribution >= 4 is 0 Å². The third kappa shape index (κ3) is 2.28. The van der Waals surface area contributed by atoms with Gasteiger partial charge in [-0.3, -0.25) is 0 Å². The molecule has 1 aromatic carbocycles. The lowest BCUT2D eigenvalue weighted by Gasteiger charge is -1.98. The first kappa shape index (κ1) is 10.4. The van der Waals surface area contributed by atoms with Gasteiger partial charge >= 0.3 is 0 Å². The molecule has 0 aliphatic rings. The van der Waals surface area contributed by atoms with Crippen LogP contribution in [0.1, 0.15) is 5.56 Å². The van der Waals surface area contributed by atoms with E-state index in [2.05, 4.69) is 5.10 Å². The first-order valence-electron chi connectivity index (χ1n) is 4.87. The quantitative estimate of drug-likeness (QED) is 0.804. The Morgan fingerprint density at radius 1 is 1.38 bits per heavy atom. The Kier molecular flexibility index (Phi) is 3.00. The highest BCUT2D eigenvalue weighted by atomic mass is 19.1. The monoisotopic (exact) mass is 218 g/mol. The maximum Gasteiger partial charge on any atom is 0.138 e. The van der Waals surface area contributed by atoms with Gasteiger partial charge in [0, 0.05) is 12.6 Å². The molecule has 2 rings (SSSR count). The van der Waals surface area contributed by atoms with Gasteiger partial charge in [0.2, 0.25) is 0 Å². The molecule has 4 heteroatoms. The second-order valence-electron chi connectivity index (χ2n) is 3.38. The van der Waals surface area contributed by atoms with Crippen molar-refractivity contribution in [3.8, 4) is 5.69 Å². The fourth-order valence-corrected chi connectivity index (χ4v) is 1.41. The molecule has 0 aliphatic heterocycles. The average molecular weight is 218 g/mol. The summed E-state index contributed by atoms with van der Waals surface area (Å²) in [5.74, 6) is -0.576. The van der Waals surface area contributed by atoms with Gasteiger partial charge in [-0.05, 0) is 17.7 Å². The Balaban J connectivity index is 2.20. The largest absolute Gasteiger partial charge is 0.513 e. The Morgan fingerprint density at radius 3 is 2.81 bits per heavy atom. The highest BCUT2D eigenvalue weighted by Crippen LogP contribution is 2.11. The molecule has 2 aromatic rings. The first-order valence-corrected chi connectivity index (χ1v) is 4.87. The highest BCUT2D eigenvalue weighted by molar-refractivity contribution is 5.31. The molecule has 1 N–H and O–H groups in total. The fraction of sp³-hybridized carbons (Fsp3) is 0.0833. The summed E-state index contributed by atoms with van der Waals surface area (Å²) in [4.78, 5) is 0. The molecule has 0 saturated carbocycles. The Bertz CT molecular complexity index is 491. The number of aliphatic hydroxyl groups is 1. The number of aromatic nitrogens is 2. The molecule has 1 heterocycles. The number of para-hydroxylation sites is 1. The second kappa shape index (κ2) is 4.61. The number of allylic oxidation sites excluding steroid dienone is 1. The van der Waals surface area contributed by atoms with Crippen molar-refractivity contribution in [2.75, 3.05) is 0 Å². The van der Waals surface area contributed by atoms with Crippen LogP contribution >= 0.6 is 0 Å². The van der Waals surface area contributed by atoms with E-state index in [9.17, 15) is 4.39 Å². The van der Waals surface area contributed by atoms with E-state index in [1.807, 2.05) is 30.3 Å². The number of hydrogen-bond donors (Lipinski definition) is 1. The minimum atomic E-state index is -0.576. The molecule has 0 spiro atoms. The molecule has 16 heavy (non-hydrogen) atoms. The molecule has 0 aliphatic carbocycles. The summed E-state index contributed by atoms with van der Waals surface area (Å²) in [6, 6.07) is 9.56. The van der Waals surface area contributed by atoms with Gasteiger partial charge in [0.05, 0.1) is 11.9 Å². The number of nitrogens with zero attached hydrogens (tertiary/aromatic N) is 2. The number of aliphatic hydroxyl groups excluding tert-OH is 1. The lowest BCUT2D eigenvalue weighted by molar-refractivity contribution is 0.435. The Labute approximate surface area is 92.5 Å². The molecular formula is C12H11FN2O. The molecular weight excluding hydrogens is 207 g/mol. The molecule has 1 aromatic heterocycles. The van der Waals surface area contributed by atoms with E-state index in [1.54, 1.807) is 17.1 Å². The van der Waals surface area contributed by atoms with E-state index in [-0.39, 0.29) is 6.42 Å². The maximum absolute atomic E-state index is 12.8. The number of rotatable bonds is 3. The highest BCUT2D eigenvalue weighted by Gasteiger charge is 2.03. The summed E-state index contributed by atoms with van der Waals surface area (Å²) in [5, 5.41) is 12.6. The van der Waals surface area contributed by atoms with Crippen LogP contribution in [0.4, 0.5) is 4.39 Å². The van der Waals surface area contributed by atoms with Crippen molar-refractivity contribution in [1.82, 2.24) is 9.78 Å². The third-order valence-corrected chi connectivity index (χ3v) is 2.17. The van der Waals surface area contributed by atoms with Gasteiger partial charge in [-0.25, -0.2) is 9.07 Å². The molecule has 0 atom stereocenters. The zero-order valence-electron chi connectivity index (χ0n) is 8.55. The van der Waals surface area contributed by atoms with Crippen LogP contribution < -0.4 is 0 Å². The predicted octanol–water partition coefficient (Wildman–Crippen LogP) is 2.78. The van der Waals surface area contributed by atoms with Crippen LogP contribution in [0.15, 0.2) is 54.8 Å². The van der Waals surface area contributed by atoms with Crippen LogP contribution in [-0.2, 0) is 6.42 Å². The van der Waals surface area contributed by atoms with Gasteiger partial charge in [-0.2, -0.15) is 5.10 Å². The van der Waals surface area contributed by atoms with Gasteiger partial charge in [0.25, 0.3) is 0 Å². The zero-order chi connectivity index (χ0) is 11.4. The predicted molar refractivity (Wildman–Crippen MR) is 59.1 cm³/mol. The first-order chi connectivity index (χ1) is 7.79. The molecule has 0 fully saturated rings. The van der Waals surface area contributed by atoms with Crippen LogP contribution in [0.5, 0.6) is 0 Å². The standard InChI is InChI=1S/C12H11FN2O/c13-11(9-16)6-10-7-14-15(8-10)12-4-2-1-3-5-12/h1-5,7-9,16H,6H2/b11-9-. The van der Waals surface area contributed by atoms with Crippen molar-refractivity contribution in [3.63, 3.8) is 0 Å². The van der Waals surface area contributed by atoms with Crippen molar-refractivity contribution in [2.45, 2.75) is 6.42 Å². The SMILES string of the molecule is O/C=C(\F)Cc1cnn(-c2ccccc2)c1. The number of hydrogen-bond acceptors (Lipinski definition) is 2. The van der Waals surface area contributed by atoms with Crippen LogP contribution in [0.2, 0.25) is 0 Å². The smallest absolute Gasteiger partial charge is 0.138 e. The Morgan fingerprint density at radius 2 is 2.12 bits per heavy atom. The van der Waals surface area contributed by atoms with Crippen LogP contribution in [-0.4, -0.2) is 14.9 Å². The summed E-state index contributed by atoms with van der Waals surface area (Å²) in [5.41, 5.74) is 1.63. The molecule has 82 valence electrons.